The molecule has 0 unspecified atom stereocenters. The Morgan fingerprint density at radius 1 is 1.40 bits per heavy atom. The molecule has 106 valence electrons. The van der Waals surface area contributed by atoms with E-state index >= 15 is 0 Å². The smallest absolute Gasteiger partial charge is 0.375 e. The van der Waals surface area contributed by atoms with Gasteiger partial charge in [-0.05, 0) is 37.4 Å². The topological polar surface area (TPSA) is 68.5 Å². The fraction of sp³-hybridized carbons (Fsp3) is 0.286. The van der Waals surface area contributed by atoms with Crippen LogP contribution >= 0.6 is 11.3 Å². The maximum Gasteiger partial charge on any atom is 0.375 e. The Morgan fingerprint density at radius 3 is 2.80 bits per heavy atom. The fourth-order valence-electron chi connectivity index (χ4n) is 1.55. The summed E-state index contributed by atoms with van der Waals surface area (Å²) in [6.45, 7) is 3.68. The highest BCUT2D eigenvalue weighted by Gasteiger charge is 2.20. The van der Waals surface area contributed by atoms with Gasteiger partial charge >= 0.3 is 5.97 Å². The van der Waals surface area contributed by atoms with E-state index in [1.54, 1.807) is 24.3 Å². The maximum absolute atomic E-state index is 11.8. The molecule has 2 rings (SSSR count). The largest absolute Gasteiger partial charge is 0.454 e. The molecule has 0 aliphatic carbocycles. The molecule has 2 heterocycles. The van der Waals surface area contributed by atoms with Gasteiger partial charge in [-0.15, -0.1) is 11.3 Å². The lowest BCUT2D eigenvalue weighted by Gasteiger charge is -2.12. The van der Waals surface area contributed by atoms with Crippen LogP contribution in [0.5, 0.6) is 0 Å². The molecule has 0 saturated heterocycles. The number of esters is 1. The highest BCUT2D eigenvalue weighted by atomic mass is 32.1. The van der Waals surface area contributed by atoms with E-state index in [0.29, 0.717) is 12.3 Å². The second kappa shape index (κ2) is 6.38. The first-order valence-electron chi connectivity index (χ1n) is 6.14. The number of amides is 1. The van der Waals surface area contributed by atoms with Gasteiger partial charge in [-0.1, -0.05) is 6.07 Å². The van der Waals surface area contributed by atoms with Crippen molar-refractivity contribution in [2.24, 2.45) is 0 Å². The summed E-state index contributed by atoms with van der Waals surface area (Å²) in [6, 6.07) is 7.02. The van der Waals surface area contributed by atoms with Crippen molar-refractivity contribution < 1.29 is 18.7 Å². The molecule has 0 saturated carbocycles. The van der Waals surface area contributed by atoms with Crippen LogP contribution in [0, 0.1) is 6.92 Å². The van der Waals surface area contributed by atoms with Gasteiger partial charge in [0.25, 0.3) is 5.91 Å². The van der Waals surface area contributed by atoms with E-state index in [1.807, 2.05) is 17.5 Å². The van der Waals surface area contributed by atoms with E-state index < -0.39 is 12.1 Å². The molecule has 2 aromatic heterocycles. The SMILES string of the molecule is Cc1ccc(C(=O)O[C@@H](C)C(=O)NCc2cccs2)o1. The van der Waals surface area contributed by atoms with Crippen LogP contribution in [-0.4, -0.2) is 18.0 Å². The number of nitrogens with one attached hydrogen (secondary N) is 1. The van der Waals surface area contributed by atoms with Gasteiger partial charge in [0.05, 0.1) is 6.54 Å². The highest BCUT2D eigenvalue weighted by molar-refractivity contribution is 7.09. The van der Waals surface area contributed by atoms with Crippen LogP contribution in [0.1, 0.15) is 28.1 Å². The predicted molar refractivity (Wildman–Crippen MR) is 74.5 cm³/mol. The van der Waals surface area contributed by atoms with E-state index in [9.17, 15) is 9.59 Å². The van der Waals surface area contributed by atoms with E-state index in [0.717, 1.165) is 4.88 Å². The number of hydrogen-bond acceptors (Lipinski definition) is 5. The van der Waals surface area contributed by atoms with Gasteiger partial charge in [0, 0.05) is 4.88 Å². The molecule has 0 aromatic carbocycles. The molecule has 0 radical (unpaired) electrons. The third kappa shape index (κ3) is 3.71. The van der Waals surface area contributed by atoms with Crippen molar-refractivity contribution in [1.29, 1.82) is 0 Å². The third-order valence-corrected chi connectivity index (χ3v) is 3.49. The minimum atomic E-state index is -0.868. The number of hydrogen-bond donors (Lipinski definition) is 1. The lowest BCUT2D eigenvalue weighted by molar-refractivity contribution is -0.129. The van der Waals surface area contributed by atoms with Crippen LogP contribution < -0.4 is 5.32 Å². The normalized spacial score (nSPS) is 11.9. The second-order valence-electron chi connectivity index (χ2n) is 4.26. The molecule has 0 spiro atoms. The summed E-state index contributed by atoms with van der Waals surface area (Å²) in [7, 11) is 0. The molecule has 1 atom stereocenters. The molecule has 0 fully saturated rings. The average Bonchev–Trinajstić information content (AvgIpc) is 3.06. The molecule has 0 aliphatic rings. The van der Waals surface area contributed by atoms with Gasteiger partial charge in [-0.3, -0.25) is 4.79 Å². The number of ether oxygens (including phenoxy) is 1. The number of furan rings is 1. The molecule has 1 amide bonds. The van der Waals surface area contributed by atoms with Crippen molar-refractivity contribution in [1.82, 2.24) is 5.32 Å². The molecular formula is C14H15NO4S. The quantitative estimate of drug-likeness (QED) is 0.860. The minimum Gasteiger partial charge on any atom is -0.454 e. The summed E-state index contributed by atoms with van der Waals surface area (Å²) in [4.78, 5) is 24.5. The third-order valence-electron chi connectivity index (χ3n) is 2.61. The Bertz CT molecular complexity index is 588. The van der Waals surface area contributed by atoms with Crippen LogP contribution in [0.2, 0.25) is 0 Å². The van der Waals surface area contributed by atoms with Crippen molar-refractivity contribution in [3.05, 3.63) is 46.0 Å². The number of rotatable bonds is 5. The first kappa shape index (κ1) is 14.3. The number of aryl methyl sites for hydroxylation is 1. The summed E-state index contributed by atoms with van der Waals surface area (Å²) in [5.41, 5.74) is 0. The summed E-state index contributed by atoms with van der Waals surface area (Å²) in [5.74, 6) is -0.265. The Morgan fingerprint density at radius 2 is 2.20 bits per heavy atom. The molecule has 6 heteroatoms. The molecule has 0 bridgehead atoms. The fourth-order valence-corrected chi connectivity index (χ4v) is 2.19. The van der Waals surface area contributed by atoms with E-state index in [4.69, 9.17) is 9.15 Å². The number of thiophene rings is 1. The van der Waals surface area contributed by atoms with Gasteiger partial charge in [0.2, 0.25) is 5.76 Å². The highest BCUT2D eigenvalue weighted by Crippen LogP contribution is 2.10. The van der Waals surface area contributed by atoms with Crippen LogP contribution in [0.15, 0.2) is 34.1 Å². The van der Waals surface area contributed by atoms with Crippen LogP contribution in [0.3, 0.4) is 0 Å². The van der Waals surface area contributed by atoms with E-state index in [1.165, 1.54) is 13.0 Å². The summed E-state index contributed by atoms with van der Waals surface area (Å²) in [5, 5.41) is 4.65. The molecular weight excluding hydrogens is 278 g/mol. The van der Waals surface area contributed by atoms with Crippen LogP contribution in [0.25, 0.3) is 0 Å². The summed E-state index contributed by atoms with van der Waals surface area (Å²) in [6.07, 6.45) is -0.868. The van der Waals surface area contributed by atoms with Gasteiger partial charge < -0.3 is 14.5 Å². The van der Waals surface area contributed by atoms with Crippen molar-refractivity contribution in [2.45, 2.75) is 26.5 Å². The zero-order valence-corrected chi connectivity index (χ0v) is 12.0. The Labute approximate surface area is 120 Å². The van der Waals surface area contributed by atoms with Crippen molar-refractivity contribution in [2.75, 3.05) is 0 Å². The van der Waals surface area contributed by atoms with E-state index in [-0.39, 0.29) is 11.7 Å². The van der Waals surface area contributed by atoms with Crippen molar-refractivity contribution in [3.8, 4) is 0 Å². The first-order chi connectivity index (χ1) is 9.56. The van der Waals surface area contributed by atoms with Crippen molar-refractivity contribution >= 4 is 23.2 Å². The Kier molecular flexibility index (Phi) is 4.57. The maximum atomic E-state index is 11.8. The van der Waals surface area contributed by atoms with E-state index in [2.05, 4.69) is 5.32 Å². The molecule has 0 aliphatic heterocycles. The first-order valence-corrected chi connectivity index (χ1v) is 7.01. The van der Waals surface area contributed by atoms with Gasteiger partial charge in [0.15, 0.2) is 6.10 Å². The van der Waals surface area contributed by atoms with Crippen molar-refractivity contribution in [3.63, 3.8) is 0 Å². The van der Waals surface area contributed by atoms with Crippen LogP contribution in [0.4, 0.5) is 0 Å². The monoisotopic (exact) mass is 293 g/mol. The molecule has 20 heavy (non-hydrogen) atoms. The number of carbonyl (C=O) groups is 2. The zero-order valence-electron chi connectivity index (χ0n) is 11.2. The Hall–Kier alpha value is -2.08. The van der Waals surface area contributed by atoms with Gasteiger partial charge in [0.1, 0.15) is 5.76 Å². The van der Waals surface area contributed by atoms with Gasteiger partial charge in [-0.2, -0.15) is 0 Å². The zero-order chi connectivity index (χ0) is 14.5. The lowest BCUT2D eigenvalue weighted by atomic mass is 10.3. The minimum absolute atomic E-state index is 0.0976. The number of carbonyl (C=O) groups excluding carboxylic acids is 2. The van der Waals surface area contributed by atoms with Crippen LogP contribution in [-0.2, 0) is 16.1 Å². The molecule has 1 N–H and O–H groups in total. The lowest BCUT2D eigenvalue weighted by Crippen LogP contribution is -2.35. The molecule has 5 nitrogen and oxygen atoms in total. The summed E-state index contributed by atoms with van der Waals surface area (Å²) >= 11 is 1.55. The molecule has 2 aromatic rings. The Balaban J connectivity index is 1.83. The van der Waals surface area contributed by atoms with Gasteiger partial charge in [-0.25, -0.2) is 4.79 Å². The summed E-state index contributed by atoms with van der Waals surface area (Å²) < 4.78 is 10.2. The average molecular weight is 293 g/mol. The standard InChI is InChI=1S/C14H15NO4S/c1-9-5-6-12(18-9)14(17)19-10(2)13(16)15-8-11-4-3-7-20-11/h3-7,10H,8H2,1-2H3,(H,15,16)/t10-/m0/s1. The predicted octanol–water partition coefficient (Wildman–Crippen LogP) is 2.51. The second-order valence-corrected chi connectivity index (χ2v) is 5.29.